The molecule has 2 amide bonds. The lowest BCUT2D eigenvalue weighted by atomic mass is 9.94. The van der Waals surface area contributed by atoms with Gasteiger partial charge in [0.2, 0.25) is 0 Å². The molecule has 0 aliphatic carbocycles. The Morgan fingerprint density at radius 2 is 1.97 bits per heavy atom. The van der Waals surface area contributed by atoms with Crippen molar-refractivity contribution >= 4 is 28.6 Å². The zero-order valence-electron chi connectivity index (χ0n) is 16.5. The largest absolute Gasteiger partial charge is 0.496 e. The average Bonchev–Trinajstić information content (AvgIpc) is 3.18. The number of benzene rings is 2. The lowest BCUT2D eigenvalue weighted by molar-refractivity contribution is -0.129. The third-order valence-corrected chi connectivity index (χ3v) is 5.82. The van der Waals surface area contributed by atoms with Gasteiger partial charge in [0.15, 0.2) is 0 Å². The van der Waals surface area contributed by atoms with E-state index in [1.807, 2.05) is 54.6 Å². The van der Waals surface area contributed by atoms with E-state index in [0.717, 1.165) is 16.6 Å². The van der Waals surface area contributed by atoms with Gasteiger partial charge < -0.3 is 14.4 Å². The number of amides is 2. The molecule has 0 saturated carbocycles. The Labute approximate surface area is 173 Å². The van der Waals surface area contributed by atoms with Crippen LogP contribution in [-0.4, -0.2) is 47.6 Å². The summed E-state index contributed by atoms with van der Waals surface area (Å²) in [5.74, 6) is 0.607. The number of β-lactam (4-membered cyclic amide) rings is 1. The second-order valence-corrected chi connectivity index (χ2v) is 7.43. The highest BCUT2D eigenvalue weighted by Gasteiger charge is 2.57. The number of fused-ring (bicyclic) bond motifs is 2. The number of pyridine rings is 1. The fourth-order valence-electron chi connectivity index (χ4n) is 4.38. The Morgan fingerprint density at radius 3 is 2.77 bits per heavy atom. The molecule has 2 atom stereocenters. The summed E-state index contributed by atoms with van der Waals surface area (Å²) in [6.45, 7) is 0.686. The van der Waals surface area contributed by atoms with Crippen molar-refractivity contribution in [3.8, 4) is 5.75 Å². The zero-order chi connectivity index (χ0) is 20.7. The molecule has 2 aliphatic heterocycles. The number of rotatable bonds is 4. The van der Waals surface area contributed by atoms with Gasteiger partial charge in [0.1, 0.15) is 18.4 Å². The third-order valence-electron chi connectivity index (χ3n) is 5.82. The second kappa shape index (κ2) is 7.33. The quantitative estimate of drug-likeness (QED) is 0.625. The number of aromatic nitrogens is 1. The predicted molar refractivity (Wildman–Crippen MR) is 111 cm³/mol. The van der Waals surface area contributed by atoms with Crippen molar-refractivity contribution in [3.05, 3.63) is 66.4 Å². The minimum atomic E-state index is -0.478. The molecule has 2 aromatic carbocycles. The lowest BCUT2D eigenvalue weighted by Gasteiger charge is -2.45. The number of anilines is 1. The molecular weight excluding hydrogens is 382 g/mol. The van der Waals surface area contributed by atoms with E-state index >= 15 is 0 Å². The normalized spacial score (nSPS) is 20.1. The minimum absolute atomic E-state index is 0.0691. The number of nitrogens with zero attached hydrogens (tertiary/aromatic N) is 3. The number of ether oxygens (including phenoxy) is 2. The highest BCUT2D eigenvalue weighted by molar-refractivity contribution is 6.12. The van der Waals surface area contributed by atoms with E-state index < -0.39 is 12.1 Å². The van der Waals surface area contributed by atoms with Crippen LogP contribution in [0.2, 0.25) is 0 Å². The number of hydrogen-bond acceptors (Lipinski definition) is 5. The van der Waals surface area contributed by atoms with Crippen molar-refractivity contribution in [1.29, 1.82) is 0 Å². The molecule has 30 heavy (non-hydrogen) atoms. The van der Waals surface area contributed by atoms with Crippen molar-refractivity contribution in [1.82, 2.24) is 9.88 Å². The fraction of sp³-hybridized carbons (Fsp3) is 0.261. The van der Waals surface area contributed by atoms with Gasteiger partial charge in [0.25, 0.3) is 5.91 Å². The van der Waals surface area contributed by atoms with Crippen LogP contribution >= 0.6 is 0 Å². The smallest absolute Gasteiger partial charge is 0.410 e. The second-order valence-electron chi connectivity index (χ2n) is 7.43. The van der Waals surface area contributed by atoms with Crippen LogP contribution in [0.15, 0.2) is 60.8 Å². The van der Waals surface area contributed by atoms with Crippen LogP contribution in [-0.2, 0) is 16.1 Å². The molecule has 2 saturated heterocycles. The van der Waals surface area contributed by atoms with Crippen LogP contribution in [0.4, 0.5) is 10.5 Å². The number of methoxy groups -OCH3 is 1. The van der Waals surface area contributed by atoms with Gasteiger partial charge >= 0.3 is 6.09 Å². The fourth-order valence-corrected chi connectivity index (χ4v) is 4.38. The summed E-state index contributed by atoms with van der Waals surface area (Å²) < 4.78 is 10.9. The Kier molecular flexibility index (Phi) is 4.50. The molecule has 7 nitrogen and oxygen atoms in total. The molecule has 0 bridgehead atoms. The van der Waals surface area contributed by atoms with Gasteiger partial charge in [-0.25, -0.2) is 4.79 Å². The first kappa shape index (κ1) is 18.4. The summed E-state index contributed by atoms with van der Waals surface area (Å²) in [7, 11) is 1.61. The van der Waals surface area contributed by atoms with Crippen LogP contribution < -0.4 is 9.64 Å². The van der Waals surface area contributed by atoms with Gasteiger partial charge in [-0.05, 0) is 36.2 Å². The van der Waals surface area contributed by atoms with E-state index in [1.54, 1.807) is 23.1 Å². The average molecular weight is 403 g/mol. The molecule has 0 unspecified atom stereocenters. The molecule has 0 N–H and O–H groups in total. The van der Waals surface area contributed by atoms with E-state index in [-0.39, 0.29) is 18.6 Å². The van der Waals surface area contributed by atoms with Gasteiger partial charge in [0, 0.05) is 18.1 Å². The van der Waals surface area contributed by atoms with Gasteiger partial charge in [-0.2, -0.15) is 0 Å². The SMILES string of the molecule is COc1ccc(N2C(=O)[C@@H]3[C@H]2CCN3C(=O)OCc2ccccc2)c2ncccc12. The van der Waals surface area contributed by atoms with Crippen molar-refractivity contribution < 1.29 is 19.1 Å². The lowest BCUT2D eigenvalue weighted by Crippen LogP contribution is -2.67. The molecule has 0 radical (unpaired) electrons. The van der Waals surface area contributed by atoms with Crippen molar-refractivity contribution in [3.63, 3.8) is 0 Å². The maximum atomic E-state index is 13.0. The third kappa shape index (κ3) is 2.85. The number of hydrogen-bond donors (Lipinski definition) is 0. The molecule has 2 fully saturated rings. The Morgan fingerprint density at radius 1 is 1.13 bits per heavy atom. The van der Waals surface area contributed by atoms with Crippen molar-refractivity contribution in [2.24, 2.45) is 0 Å². The standard InChI is InChI=1S/C23H21N3O4/c1-29-19-10-9-17(20-16(19)8-5-12-24-20)26-18-11-13-25(21(18)22(26)27)23(28)30-14-15-6-3-2-4-7-15/h2-10,12,18,21H,11,13-14H2,1H3/t18-,21+/m1/s1. The van der Waals surface area contributed by atoms with E-state index in [9.17, 15) is 9.59 Å². The molecule has 152 valence electrons. The number of likely N-dealkylation sites (tertiary alicyclic amines) is 1. The van der Waals surface area contributed by atoms with Gasteiger partial charge in [-0.15, -0.1) is 0 Å². The first-order chi connectivity index (χ1) is 14.7. The predicted octanol–water partition coefficient (Wildman–Crippen LogP) is 3.37. The van der Waals surface area contributed by atoms with Gasteiger partial charge in [-0.1, -0.05) is 30.3 Å². The van der Waals surface area contributed by atoms with E-state index in [1.165, 1.54) is 0 Å². The first-order valence-electron chi connectivity index (χ1n) is 9.91. The molecule has 7 heteroatoms. The molecule has 3 aromatic rings. The van der Waals surface area contributed by atoms with Crippen LogP contribution in [0.3, 0.4) is 0 Å². The molecule has 5 rings (SSSR count). The van der Waals surface area contributed by atoms with Gasteiger partial charge in [-0.3, -0.25) is 14.7 Å². The monoisotopic (exact) mass is 403 g/mol. The van der Waals surface area contributed by atoms with Crippen molar-refractivity contribution in [2.45, 2.75) is 25.1 Å². The minimum Gasteiger partial charge on any atom is -0.496 e. The topological polar surface area (TPSA) is 72.0 Å². The number of carbonyl (C=O) groups is 2. The Bertz CT molecular complexity index is 1120. The van der Waals surface area contributed by atoms with E-state index in [2.05, 4.69) is 4.98 Å². The summed E-state index contributed by atoms with van der Waals surface area (Å²) in [6.07, 6.45) is 1.96. The highest BCUT2D eigenvalue weighted by Crippen LogP contribution is 2.42. The molecule has 2 aliphatic rings. The molecule has 1 aromatic heterocycles. The molecular formula is C23H21N3O4. The Balaban J connectivity index is 1.35. The van der Waals surface area contributed by atoms with Gasteiger partial charge in [0.05, 0.1) is 24.4 Å². The van der Waals surface area contributed by atoms with E-state index in [4.69, 9.17) is 9.47 Å². The van der Waals surface area contributed by atoms with Crippen LogP contribution in [0.5, 0.6) is 5.75 Å². The summed E-state index contributed by atoms with van der Waals surface area (Å²) in [4.78, 5) is 33.4. The highest BCUT2D eigenvalue weighted by atomic mass is 16.6. The molecule has 3 heterocycles. The van der Waals surface area contributed by atoms with Crippen molar-refractivity contribution in [2.75, 3.05) is 18.6 Å². The maximum absolute atomic E-state index is 13.0. The maximum Gasteiger partial charge on any atom is 0.410 e. The first-order valence-corrected chi connectivity index (χ1v) is 9.91. The summed E-state index contributed by atoms with van der Waals surface area (Å²) in [6, 6.07) is 16.4. The summed E-state index contributed by atoms with van der Waals surface area (Å²) in [5, 5.41) is 0.853. The van der Waals surface area contributed by atoms with E-state index in [0.29, 0.717) is 24.2 Å². The summed E-state index contributed by atoms with van der Waals surface area (Å²) >= 11 is 0. The Hall–Kier alpha value is -3.61. The summed E-state index contributed by atoms with van der Waals surface area (Å²) in [5.41, 5.74) is 2.38. The molecule has 0 spiro atoms. The van der Waals surface area contributed by atoms with Crippen LogP contribution in [0, 0.1) is 0 Å². The van der Waals surface area contributed by atoms with Crippen LogP contribution in [0.1, 0.15) is 12.0 Å². The number of carbonyl (C=O) groups excluding carboxylic acids is 2. The van der Waals surface area contributed by atoms with Crippen LogP contribution in [0.25, 0.3) is 10.9 Å². The zero-order valence-corrected chi connectivity index (χ0v) is 16.5.